The summed E-state index contributed by atoms with van der Waals surface area (Å²) in [6, 6.07) is 59.4. The third kappa shape index (κ3) is 2.97. The third-order valence-corrected chi connectivity index (χ3v) is 11.8. The van der Waals surface area contributed by atoms with Crippen LogP contribution in [0.5, 0.6) is 0 Å². The quantitative estimate of drug-likeness (QED) is 0.181. The number of fused-ring (bicyclic) bond motifs is 14. The first-order valence-corrected chi connectivity index (χ1v) is 16.8. The van der Waals surface area contributed by atoms with Gasteiger partial charge in [-0.05, 0) is 101 Å². The van der Waals surface area contributed by atoms with Gasteiger partial charge in [0.25, 0.3) is 0 Å². The molecular formula is C45H26S. The van der Waals surface area contributed by atoms with E-state index < -0.39 is 0 Å². The molecule has 1 aliphatic heterocycles. The van der Waals surface area contributed by atoms with Gasteiger partial charge in [0, 0.05) is 15.2 Å². The predicted molar refractivity (Wildman–Crippen MR) is 193 cm³/mol. The minimum atomic E-state index is -0.376. The molecule has 212 valence electrons. The van der Waals surface area contributed by atoms with Crippen LogP contribution in [0.25, 0.3) is 66.1 Å². The maximum Gasteiger partial charge on any atom is 0.0725 e. The SMILES string of the molecule is c1ccc2c(c1)Sc1ccc(-c3ccc4c(c3)C3(c5ccccc5-4)c4ccccc4-c4c3ccc3ccccc43)c3cccc-2c13. The standard InChI is InChI=1S/C45H26S/c1-2-11-30-27(10-1)21-24-39-43(30)36-14-4-7-18-38(36)45(39)37-17-6-3-12-31(37)32-22-20-28(26-40(32)45)29-23-25-42-44-34(29)15-9-16-35(44)33-13-5-8-19-41(33)46-42/h1-26H. The van der Waals surface area contributed by atoms with Gasteiger partial charge < -0.3 is 0 Å². The van der Waals surface area contributed by atoms with Gasteiger partial charge in [-0.1, -0.05) is 151 Å². The molecule has 0 amide bonds. The molecule has 0 N–H and O–H groups in total. The number of benzene rings is 8. The third-order valence-electron chi connectivity index (χ3n) is 10.7. The molecule has 11 rings (SSSR count). The molecule has 0 nitrogen and oxygen atoms in total. The van der Waals surface area contributed by atoms with Crippen molar-refractivity contribution in [3.63, 3.8) is 0 Å². The Labute approximate surface area is 272 Å². The van der Waals surface area contributed by atoms with Crippen molar-refractivity contribution in [2.24, 2.45) is 0 Å². The molecule has 0 fully saturated rings. The Morgan fingerprint density at radius 3 is 1.96 bits per heavy atom. The summed E-state index contributed by atoms with van der Waals surface area (Å²) in [6.45, 7) is 0. The zero-order valence-electron chi connectivity index (χ0n) is 24.9. The van der Waals surface area contributed by atoms with Crippen molar-refractivity contribution in [1.29, 1.82) is 0 Å². The normalized spacial score (nSPS) is 16.3. The number of hydrogen-bond donors (Lipinski definition) is 0. The molecule has 1 spiro atoms. The van der Waals surface area contributed by atoms with E-state index >= 15 is 0 Å². The molecule has 2 aliphatic carbocycles. The Morgan fingerprint density at radius 1 is 0.370 bits per heavy atom. The lowest BCUT2D eigenvalue weighted by atomic mass is 9.70. The summed E-state index contributed by atoms with van der Waals surface area (Å²) in [7, 11) is 0. The lowest BCUT2D eigenvalue weighted by Crippen LogP contribution is -2.25. The summed E-state index contributed by atoms with van der Waals surface area (Å²) >= 11 is 1.89. The Hall–Kier alpha value is -5.37. The van der Waals surface area contributed by atoms with Gasteiger partial charge in [-0.25, -0.2) is 0 Å². The lowest BCUT2D eigenvalue weighted by Gasteiger charge is -2.31. The van der Waals surface area contributed by atoms with Crippen molar-refractivity contribution in [3.05, 3.63) is 180 Å². The van der Waals surface area contributed by atoms with Crippen LogP contribution in [0.3, 0.4) is 0 Å². The number of hydrogen-bond acceptors (Lipinski definition) is 1. The Morgan fingerprint density at radius 2 is 1.04 bits per heavy atom. The first-order chi connectivity index (χ1) is 22.8. The Kier molecular flexibility index (Phi) is 4.80. The van der Waals surface area contributed by atoms with Gasteiger partial charge >= 0.3 is 0 Å². The van der Waals surface area contributed by atoms with Crippen LogP contribution in [-0.4, -0.2) is 0 Å². The highest BCUT2D eigenvalue weighted by Crippen LogP contribution is 2.64. The second kappa shape index (κ2) is 8.88. The molecular weight excluding hydrogens is 573 g/mol. The average molecular weight is 599 g/mol. The monoisotopic (exact) mass is 598 g/mol. The molecule has 1 heteroatoms. The molecule has 1 heterocycles. The van der Waals surface area contributed by atoms with Crippen molar-refractivity contribution >= 4 is 33.3 Å². The van der Waals surface area contributed by atoms with Gasteiger partial charge in [-0.3, -0.25) is 0 Å². The van der Waals surface area contributed by atoms with E-state index in [4.69, 9.17) is 0 Å². The number of rotatable bonds is 1. The fourth-order valence-corrected chi connectivity index (χ4v) is 10.0. The molecule has 0 saturated heterocycles. The summed E-state index contributed by atoms with van der Waals surface area (Å²) in [5.74, 6) is 0. The predicted octanol–water partition coefficient (Wildman–Crippen LogP) is 12.1. The Balaban J connectivity index is 1.23. The van der Waals surface area contributed by atoms with Gasteiger partial charge in [0.05, 0.1) is 5.41 Å². The zero-order chi connectivity index (χ0) is 30.0. The fourth-order valence-electron chi connectivity index (χ4n) is 8.91. The summed E-state index contributed by atoms with van der Waals surface area (Å²) < 4.78 is 0. The maximum atomic E-state index is 2.52. The summed E-state index contributed by atoms with van der Waals surface area (Å²) in [4.78, 5) is 2.67. The van der Waals surface area contributed by atoms with Gasteiger partial charge in [-0.2, -0.15) is 0 Å². The molecule has 0 bridgehead atoms. The van der Waals surface area contributed by atoms with Gasteiger partial charge in [0.15, 0.2) is 0 Å². The van der Waals surface area contributed by atoms with Crippen molar-refractivity contribution in [1.82, 2.24) is 0 Å². The molecule has 3 aliphatic rings. The van der Waals surface area contributed by atoms with E-state index in [-0.39, 0.29) is 5.41 Å². The minimum absolute atomic E-state index is 0.376. The summed E-state index contributed by atoms with van der Waals surface area (Å²) in [6.07, 6.45) is 0. The van der Waals surface area contributed by atoms with Crippen LogP contribution in [0, 0.1) is 0 Å². The van der Waals surface area contributed by atoms with Gasteiger partial charge in [-0.15, -0.1) is 0 Å². The average Bonchev–Trinajstić information content (AvgIpc) is 3.59. The first-order valence-electron chi connectivity index (χ1n) is 16.0. The van der Waals surface area contributed by atoms with Crippen molar-refractivity contribution < 1.29 is 0 Å². The molecule has 1 unspecified atom stereocenters. The summed E-state index contributed by atoms with van der Waals surface area (Å²) in [5.41, 5.74) is 15.8. The van der Waals surface area contributed by atoms with E-state index in [2.05, 4.69) is 158 Å². The lowest BCUT2D eigenvalue weighted by molar-refractivity contribution is 0.795. The minimum Gasteiger partial charge on any atom is -0.0888 e. The maximum absolute atomic E-state index is 2.52. The first kappa shape index (κ1) is 24.9. The second-order valence-corrected chi connectivity index (χ2v) is 13.8. The van der Waals surface area contributed by atoms with Crippen molar-refractivity contribution in [2.45, 2.75) is 15.2 Å². The largest absolute Gasteiger partial charge is 0.0888 e. The van der Waals surface area contributed by atoms with Crippen LogP contribution in [0.4, 0.5) is 0 Å². The van der Waals surface area contributed by atoms with Gasteiger partial charge in [0.2, 0.25) is 0 Å². The van der Waals surface area contributed by atoms with Gasteiger partial charge in [0.1, 0.15) is 0 Å². The van der Waals surface area contributed by atoms with E-state index in [0.717, 1.165) is 0 Å². The van der Waals surface area contributed by atoms with E-state index in [1.807, 2.05) is 11.8 Å². The summed E-state index contributed by atoms with van der Waals surface area (Å²) in [5, 5.41) is 5.30. The topological polar surface area (TPSA) is 0 Å². The fraction of sp³-hybridized carbons (Fsp3) is 0.0222. The van der Waals surface area contributed by atoms with Crippen LogP contribution >= 0.6 is 11.8 Å². The van der Waals surface area contributed by atoms with E-state index in [1.165, 1.54) is 98.1 Å². The molecule has 1 atom stereocenters. The van der Waals surface area contributed by atoms with Crippen molar-refractivity contribution in [2.75, 3.05) is 0 Å². The highest BCUT2D eigenvalue weighted by atomic mass is 32.2. The molecule has 8 aromatic rings. The highest BCUT2D eigenvalue weighted by Gasteiger charge is 2.52. The zero-order valence-corrected chi connectivity index (χ0v) is 25.7. The Bertz CT molecular complexity index is 2630. The van der Waals surface area contributed by atoms with Crippen LogP contribution in [0.1, 0.15) is 22.3 Å². The molecule has 46 heavy (non-hydrogen) atoms. The highest BCUT2D eigenvalue weighted by molar-refractivity contribution is 7.99. The van der Waals surface area contributed by atoms with Crippen LogP contribution in [0.2, 0.25) is 0 Å². The van der Waals surface area contributed by atoms with Crippen LogP contribution in [-0.2, 0) is 5.41 Å². The van der Waals surface area contributed by atoms with Crippen LogP contribution in [0.15, 0.2) is 168 Å². The second-order valence-electron chi connectivity index (χ2n) is 12.7. The van der Waals surface area contributed by atoms with Crippen molar-refractivity contribution in [3.8, 4) is 44.5 Å². The van der Waals surface area contributed by atoms with E-state index in [9.17, 15) is 0 Å². The molecule has 0 saturated carbocycles. The van der Waals surface area contributed by atoms with E-state index in [0.29, 0.717) is 0 Å². The molecule has 0 aromatic heterocycles. The molecule has 8 aromatic carbocycles. The smallest absolute Gasteiger partial charge is 0.0725 e. The molecule has 0 radical (unpaired) electrons. The van der Waals surface area contributed by atoms with Crippen LogP contribution < -0.4 is 0 Å². The van der Waals surface area contributed by atoms with E-state index in [1.54, 1.807) is 0 Å².